The smallest absolute Gasteiger partial charge is 0.252 e. The second-order valence-electron chi connectivity index (χ2n) is 7.39. The van der Waals surface area contributed by atoms with Crippen LogP contribution in [0.25, 0.3) is 11.1 Å². The summed E-state index contributed by atoms with van der Waals surface area (Å²) < 4.78 is 0. The minimum Gasteiger partial charge on any atom is -0.381 e. The van der Waals surface area contributed by atoms with Crippen LogP contribution in [0.2, 0.25) is 5.02 Å². The number of aromatic amines is 1. The molecule has 1 amide bonds. The predicted molar refractivity (Wildman–Crippen MR) is 118 cm³/mol. The summed E-state index contributed by atoms with van der Waals surface area (Å²) >= 11 is 5.96. The van der Waals surface area contributed by atoms with E-state index in [0.29, 0.717) is 17.1 Å². The van der Waals surface area contributed by atoms with Crippen molar-refractivity contribution in [1.82, 2.24) is 4.98 Å². The number of H-pyrrole nitrogens is 1. The van der Waals surface area contributed by atoms with Gasteiger partial charge in [-0.15, -0.1) is 0 Å². The maximum absolute atomic E-state index is 12.3. The minimum atomic E-state index is -0.118. The van der Waals surface area contributed by atoms with Gasteiger partial charge in [-0.1, -0.05) is 23.7 Å². The number of carbonyl (C=O) groups excluding carboxylic acids is 1. The van der Waals surface area contributed by atoms with Crippen LogP contribution in [0.5, 0.6) is 0 Å². The number of nitrogens with one attached hydrogen (secondary N) is 2. The maximum Gasteiger partial charge on any atom is 0.252 e. The van der Waals surface area contributed by atoms with Gasteiger partial charge in [-0.2, -0.15) is 0 Å². The SMILES string of the molecule is CC(=O)N1c2ccc(NCc3cc(-c4ccc(Cl)cc4)c[nH]c3=O)cc2C[C@H]1C. The number of carbonyl (C=O) groups is 1. The third-order valence-electron chi connectivity index (χ3n) is 5.28. The summed E-state index contributed by atoms with van der Waals surface area (Å²) in [5.74, 6) is 0.0579. The van der Waals surface area contributed by atoms with Gasteiger partial charge in [0.05, 0.1) is 0 Å². The Balaban J connectivity index is 1.53. The van der Waals surface area contributed by atoms with E-state index in [1.54, 1.807) is 13.1 Å². The molecular weight excluding hydrogens is 386 g/mol. The topological polar surface area (TPSA) is 65.2 Å². The minimum absolute atomic E-state index is 0.0579. The first-order valence-electron chi connectivity index (χ1n) is 9.56. The summed E-state index contributed by atoms with van der Waals surface area (Å²) in [5, 5.41) is 4.01. The number of hydrogen-bond acceptors (Lipinski definition) is 3. The van der Waals surface area contributed by atoms with E-state index in [4.69, 9.17) is 11.6 Å². The highest BCUT2D eigenvalue weighted by Crippen LogP contribution is 2.34. The fourth-order valence-electron chi connectivity index (χ4n) is 3.89. The van der Waals surface area contributed by atoms with E-state index in [0.717, 1.165) is 34.5 Å². The number of rotatable bonds is 4. The Morgan fingerprint density at radius 3 is 2.66 bits per heavy atom. The second-order valence-corrected chi connectivity index (χ2v) is 7.83. The molecular formula is C23H22ClN3O2. The van der Waals surface area contributed by atoms with Crippen LogP contribution >= 0.6 is 11.6 Å². The van der Waals surface area contributed by atoms with Crippen molar-refractivity contribution in [2.75, 3.05) is 10.2 Å². The van der Waals surface area contributed by atoms with Crippen LogP contribution in [0, 0.1) is 0 Å². The van der Waals surface area contributed by atoms with Gasteiger partial charge in [-0.05, 0) is 66.4 Å². The first kappa shape index (κ1) is 19.3. The summed E-state index contributed by atoms with van der Waals surface area (Å²) in [6.45, 7) is 4.05. The zero-order valence-corrected chi connectivity index (χ0v) is 17.1. The molecule has 148 valence electrons. The van der Waals surface area contributed by atoms with Crippen LogP contribution in [0.4, 0.5) is 11.4 Å². The van der Waals surface area contributed by atoms with E-state index in [2.05, 4.69) is 23.3 Å². The third kappa shape index (κ3) is 3.91. The van der Waals surface area contributed by atoms with Crippen LogP contribution in [0.15, 0.2) is 59.5 Å². The lowest BCUT2D eigenvalue weighted by molar-refractivity contribution is -0.116. The lowest BCUT2D eigenvalue weighted by Gasteiger charge is -2.20. The molecule has 0 spiro atoms. The molecule has 2 N–H and O–H groups in total. The second kappa shape index (κ2) is 7.76. The van der Waals surface area contributed by atoms with Crippen molar-refractivity contribution in [1.29, 1.82) is 0 Å². The molecule has 0 fully saturated rings. The summed E-state index contributed by atoms with van der Waals surface area (Å²) in [6.07, 6.45) is 2.54. The van der Waals surface area contributed by atoms with Crippen molar-refractivity contribution >= 4 is 28.9 Å². The molecule has 3 aromatic rings. The molecule has 2 heterocycles. The van der Waals surface area contributed by atoms with Crippen molar-refractivity contribution in [2.45, 2.75) is 32.9 Å². The number of nitrogens with zero attached hydrogens (tertiary/aromatic N) is 1. The van der Waals surface area contributed by atoms with E-state index >= 15 is 0 Å². The molecule has 0 saturated heterocycles. The van der Waals surface area contributed by atoms with E-state index in [1.807, 2.05) is 47.4 Å². The van der Waals surface area contributed by atoms with Gasteiger partial charge in [0.15, 0.2) is 0 Å². The Labute approximate surface area is 174 Å². The van der Waals surface area contributed by atoms with Crippen LogP contribution in [-0.2, 0) is 17.8 Å². The number of amides is 1. The van der Waals surface area contributed by atoms with Gasteiger partial charge in [0.1, 0.15) is 0 Å². The zero-order valence-electron chi connectivity index (χ0n) is 16.3. The van der Waals surface area contributed by atoms with Gasteiger partial charge in [0, 0.05) is 47.7 Å². The van der Waals surface area contributed by atoms with Gasteiger partial charge < -0.3 is 15.2 Å². The lowest BCUT2D eigenvalue weighted by Crippen LogP contribution is -2.33. The molecule has 1 aliphatic rings. The van der Waals surface area contributed by atoms with Crippen molar-refractivity contribution in [2.24, 2.45) is 0 Å². The molecule has 1 aromatic heterocycles. The molecule has 29 heavy (non-hydrogen) atoms. The monoisotopic (exact) mass is 407 g/mol. The summed E-state index contributed by atoms with van der Waals surface area (Å²) in [6, 6.07) is 15.5. The van der Waals surface area contributed by atoms with Crippen LogP contribution in [-0.4, -0.2) is 16.9 Å². The van der Waals surface area contributed by atoms with Gasteiger partial charge in [0.2, 0.25) is 5.91 Å². The number of aromatic nitrogens is 1. The molecule has 5 nitrogen and oxygen atoms in total. The standard InChI is InChI=1S/C23H22ClN3O2/c1-14-9-17-11-21(7-8-22(17)27(14)15(2)28)25-13-19-10-18(12-26-23(19)29)16-3-5-20(24)6-4-16/h3-8,10-12,14,25H,9,13H2,1-2H3,(H,26,29)/t14-/m1/s1. The van der Waals surface area contributed by atoms with Crippen molar-refractivity contribution in [3.63, 3.8) is 0 Å². The zero-order chi connectivity index (χ0) is 20.5. The van der Waals surface area contributed by atoms with Crippen LogP contribution < -0.4 is 15.8 Å². The number of fused-ring (bicyclic) bond motifs is 1. The van der Waals surface area contributed by atoms with Crippen molar-refractivity contribution in [3.8, 4) is 11.1 Å². The summed E-state index contributed by atoms with van der Waals surface area (Å²) in [7, 11) is 0. The average Bonchev–Trinajstić information content (AvgIpc) is 3.03. The molecule has 1 atom stereocenters. The molecule has 0 saturated carbocycles. The van der Waals surface area contributed by atoms with Gasteiger partial charge in [-0.25, -0.2) is 0 Å². The van der Waals surface area contributed by atoms with E-state index < -0.39 is 0 Å². The highest BCUT2D eigenvalue weighted by molar-refractivity contribution is 6.30. The fourth-order valence-corrected chi connectivity index (χ4v) is 4.02. The Bertz CT molecular complexity index is 1120. The number of halogens is 1. The molecule has 6 heteroatoms. The fraction of sp³-hybridized carbons (Fsp3) is 0.217. The van der Waals surface area contributed by atoms with Gasteiger partial charge in [0.25, 0.3) is 5.56 Å². The first-order chi connectivity index (χ1) is 13.9. The largest absolute Gasteiger partial charge is 0.381 e. The molecule has 0 radical (unpaired) electrons. The van der Waals surface area contributed by atoms with E-state index in [1.165, 1.54) is 0 Å². The Kier molecular flexibility index (Phi) is 5.16. The quantitative estimate of drug-likeness (QED) is 0.664. The molecule has 0 aliphatic carbocycles. The highest BCUT2D eigenvalue weighted by atomic mass is 35.5. The Hall–Kier alpha value is -3.05. The number of anilines is 2. The lowest BCUT2D eigenvalue weighted by atomic mass is 10.1. The number of pyridine rings is 1. The summed E-state index contributed by atoms with van der Waals surface area (Å²) in [5.41, 5.74) is 5.49. The Morgan fingerprint density at radius 2 is 1.93 bits per heavy atom. The third-order valence-corrected chi connectivity index (χ3v) is 5.53. The van der Waals surface area contributed by atoms with E-state index in [-0.39, 0.29) is 17.5 Å². The molecule has 2 aromatic carbocycles. The summed E-state index contributed by atoms with van der Waals surface area (Å²) in [4.78, 5) is 28.8. The molecule has 0 bridgehead atoms. The molecule has 0 unspecified atom stereocenters. The highest BCUT2D eigenvalue weighted by Gasteiger charge is 2.28. The molecule has 4 rings (SSSR count). The van der Waals surface area contributed by atoms with E-state index in [9.17, 15) is 9.59 Å². The average molecular weight is 408 g/mol. The molecule has 1 aliphatic heterocycles. The van der Waals surface area contributed by atoms with Crippen LogP contribution in [0.3, 0.4) is 0 Å². The Morgan fingerprint density at radius 1 is 1.17 bits per heavy atom. The number of hydrogen-bond donors (Lipinski definition) is 2. The van der Waals surface area contributed by atoms with Crippen molar-refractivity contribution < 1.29 is 4.79 Å². The first-order valence-corrected chi connectivity index (χ1v) is 9.94. The number of benzene rings is 2. The normalized spacial score (nSPS) is 15.3. The van der Waals surface area contributed by atoms with Gasteiger partial charge >= 0.3 is 0 Å². The predicted octanol–water partition coefficient (Wildman–Crippen LogP) is 4.60. The van der Waals surface area contributed by atoms with Crippen molar-refractivity contribution in [3.05, 3.63) is 81.2 Å². The maximum atomic E-state index is 12.3. The van der Waals surface area contributed by atoms with Gasteiger partial charge in [-0.3, -0.25) is 9.59 Å². The van der Waals surface area contributed by atoms with Crippen LogP contribution in [0.1, 0.15) is 25.0 Å².